The summed E-state index contributed by atoms with van der Waals surface area (Å²) in [4.78, 5) is 32.9. The van der Waals surface area contributed by atoms with Crippen molar-refractivity contribution < 1.29 is 13.9 Å². The highest BCUT2D eigenvalue weighted by atomic mass is 35.5. The molecule has 2 aromatic carbocycles. The Kier molecular flexibility index (Phi) is 5.68. The molecule has 4 aromatic rings. The van der Waals surface area contributed by atoms with Gasteiger partial charge in [0.05, 0.1) is 23.6 Å². The lowest BCUT2D eigenvalue weighted by Gasteiger charge is -2.23. The minimum Gasteiger partial charge on any atom is -0.494 e. The van der Waals surface area contributed by atoms with E-state index in [0.717, 1.165) is 12.0 Å². The predicted octanol–water partition coefficient (Wildman–Crippen LogP) is 6.08. The third-order valence-corrected chi connectivity index (χ3v) is 6.60. The van der Waals surface area contributed by atoms with Crippen LogP contribution in [0.2, 0.25) is 5.02 Å². The van der Waals surface area contributed by atoms with Gasteiger partial charge in [-0.1, -0.05) is 37.6 Å². The molecule has 6 nitrogen and oxygen atoms in total. The maximum atomic E-state index is 13.6. The van der Waals surface area contributed by atoms with Gasteiger partial charge < -0.3 is 9.15 Å². The largest absolute Gasteiger partial charge is 0.494 e. The molecule has 3 heterocycles. The second-order valence-corrected chi connectivity index (χ2v) is 9.62. The Morgan fingerprint density at radius 2 is 2.06 bits per heavy atom. The number of amides is 1. The number of fused-ring (bicyclic) bond motifs is 2. The van der Waals surface area contributed by atoms with Crippen LogP contribution in [0.3, 0.4) is 0 Å². The zero-order chi connectivity index (χ0) is 23.1. The Balaban J connectivity index is 1.67. The van der Waals surface area contributed by atoms with E-state index in [4.69, 9.17) is 20.8 Å². The average Bonchev–Trinajstić information content (AvgIpc) is 3.41. The van der Waals surface area contributed by atoms with Crippen LogP contribution in [0.1, 0.15) is 48.0 Å². The van der Waals surface area contributed by atoms with E-state index in [1.807, 2.05) is 24.3 Å². The molecule has 1 amide bonds. The molecular formula is C25H21ClN2O4S. The van der Waals surface area contributed by atoms with Gasteiger partial charge in [0.15, 0.2) is 10.6 Å². The van der Waals surface area contributed by atoms with E-state index in [1.165, 1.54) is 16.2 Å². The maximum absolute atomic E-state index is 13.6. The monoisotopic (exact) mass is 480 g/mol. The molecule has 0 spiro atoms. The van der Waals surface area contributed by atoms with Gasteiger partial charge in [-0.3, -0.25) is 14.5 Å². The van der Waals surface area contributed by atoms with Crippen LogP contribution in [-0.4, -0.2) is 17.5 Å². The summed E-state index contributed by atoms with van der Waals surface area (Å²) in [6.07, 6.45) is 2.56. The van der Waals surface area contributed by atoms with Gasteiger partial charge in [-0.25, -0.2) is 4.98 Å². The summed E-state index contributed by atoms with van der Waals surface area (Å²) in [5, 5.41) is 3.04. The molecule has 8 heteroatoms. The zero-order valence-electron chi connectivity index (χ0n) is 18.1. The van der Waals surface area contributed by atoms with Crippen molar-refractivity contribution in [3.63, 3.8) is 0 Å². The van der Waals surface area contributed by atoms with Crippen LogP contribution in [0.15, 0.2) is 63.3 Å². The van der Waals surface area contributed by atoms with Crippen LogP contribution >= 0.6 is 22.9 Å². The molecule has 1 unspecified atom stereocenters. The van der Waals surface area contributed by atoms with Crippen molar-refractivity contribution in [3.8, 4) is 5.75 Å². The molecule has 0 saturated carbocycles. The minimum atomic E-state index is -0.688. The summed E-state index contributed by atoms with van der Waals surface area (Å²) in [7, 11) is 0. The first kappa shape index (κ1) is 21.7. The van der Waals surface area contributed by atoms with Crippen molar-refractivity contribution in [2.45, 2.75) is 26.3 Å². The first-order chi connectivity index (χ1) is 15.9. The number of hydrogen-bond donors (Lipinski definition) is 0. The van der Waals surface area contributed by atoms with Gasteiger partial charge in [-0.2, -0.15) is 0 Å². The van der Waals surface area contributed by atoms with Crippen molar-refractivity contribution in [2.75, 3.05) is 11.5 Å². The number of halogens is 1. The van der Waals surface area contributed by atoms with E-state index in [0.29, 0.717) is 39.4 Å². The van der Waals surface area contributed by atoms with Crippen molar-refractivity contribution in [1.29, 1.82) is 0 Å². The minimum absolute atomic E-state index is 0.0288. The van der Waals surface area contributed by atoms with E-state index >= 15 is 0 Å². The number of benzene rings is 2. The summed E-state index contributed by atoms with van der Waals surface area (Å²) in [6.45, 7) is 4.87. The summed E-state index contributed by atoms with van der Waals surface area (Å²) >= 11 is 7.47. The van der Waals surface area contributed by atoms with Gasteiger partial charge in [-0.05, 0) is 48.2 Å². The average molecular weight is 481 g/mol. The number of ether oxygens (including phenoxy) is 1. The fourth-order valence-electron chi connectivity index (χ4n) is 3.98. The van der Waals surface area contributed by atoms with E-state index in [9.17, 15) is 9.59 Å². The van der Waals surface area contributed by atoms with Crippen LogP contribution in [0.5, 0.6) is 5.75 Å². The van der Waals surface area contributed by atoms with E-state index in [-0.39, 0.29) is 16.8 Å². The third-order valence-electron chi connectivity index (χ3n) is 5.60. The van der Waals surface area contributed by atoms with Crippen molar-refractivity contribution in [3.05, 3.63) is 86.2 Å². The third kappa shape index (κ3) is 3.92. The first-order valence-corrected chi connectivity index (χ1v) is 11.9. The highest BCUT2D eigenvalue weighted by Gasteiger charge is 2.44. The number of carbonyl (C=O) groups excluding carboxylic acids is 1. The van der Waals surface area contributed by atoms with Gasteiger partial charge in [0.2, 0.25) is 5.76 Å². The zero-order valence-corrected chi connectivity index (χ0v) is 19.7. The highest BCUT2D eigenvalue weighted by molar-refractivity contribution is 7.13. The Labute approximate surface area is 199 Å². The SMILES string of the molecule is CC(C)CCOc1cccc(C2c3c(oc4ccc(Cl)cc4c3=O)C(=O)N2c2nccs2)c1. The van der Waals surface area contributed by atoms with Crippen molar-refractivity contribution in [2.24, 2.45) is 5.92 Å². The van der Waals surface area contributed by atoms with Crippen molar-refractivity contribution >= 4 is 44.9 Å². The fourth-order valence-corrected chi connectivity index (χ4v) is 4.82. The van der Waals surface area contributed by atoms with Gasteiger partial charge in [0.25, 0.3) is 5.91 Å². The molecule has 1 aliphatic heterocycles. The van der Waals surface area contributed by atoms with Crippen LogP contribution in [0.25, 0.3) is 11.0 Å². The Morgan fingerprint density at radius 3 is 2.82 bits per heavy atom. The van der Waals surface area contributed by atoms with E-state index in [1.54, 1.807) is 29.8 Å². The number of anilines is 1. The fraction of sp³-hybridized carbons (Fsp3) is 0.240. The molecular weight excluding hydrogens is 460 g/mol. The smallest absolute Gasteiger partial charge is 0.297 e. The summed E-state index contributed by atoms with van der Waals surface area (Å²) in [5.74, 6) is 0.838. The molecule has 1 atom stereocenters. The Morgan fingerprint density at radius 1 is 1.21 bits per heavy atom. The second kappa shape index (κ2) is 8.65. The van der Waals surface area contributed by atoms with Crippen LogP contribution in [0, 0.1) is 5.92 Å². The normalized spacial score (nSPS) is 15.5. The van der Waals surface area contributed by atoms with Crippen LogP contribution in [0.4, 0.5) is 5.13 Å². The number of aromatic nitrogens is 1. The Hall–Kier alpha value is -3.16. The molecule has 0 fully saturated rings. The number of nitrogens with zero attached hydrogens (tertiary/aromatic N) is 2. The van der Waals surface area contributed by atoms with Gasteiger partial charge in [-0.15, -0.1) is 11.3 Å². The molecule has 0 radical (unpaired) electrons. The Bertz CT molecular complexity index is 1400. The number of carbonyl (C=O) groups is 1. The lowest BCUT2D eigenvalue weighted by Crippen LogP contribution is -2.29. The molecule has 168 valence electrons. The van der Waals surface area contributed by atoms with Crippen LogP contribution in [-0.2, 0) is 0 Å². The van der Waals surface area contributed by atoms with E-state index in [2.05, 4.69) is 18.8 Å². The van der Waals surface area contributed by atoms with Gasteiger partial charge in [0.1, 0.15) is 11.3 Å². The van der Waals surface area contributed by atoms with E-state index < -0.39 is 11.9 Å². The standard InChI is InChI=1S/C25H21ClN2O4S/c1-14(2)8-10-31-17-5-3-4-15(12-17)21-20-22(29)18-13-16(26)6-7-19(18)32-23(20)24(30)28(21)25-27-9-11-33-25/h3-7,9,11-14,21H,8,10H2,1-2H3. The molecule has 0 bridgehead atoms. The molecule has 33 heavy (non-hydrogen) atoms. The van der Waals surface area contributed by atoms with Crippen molar-refractivity contribution in [1.82, 2.24) is 4.98 Å². The summed E-state index contributed by atoms with van der Waals surface area (Å²) in [5.41, 5.74) is 1.07. The molecule has 2 aromatic heterocycles. The molecule has 0 saturated heterocycles. The van der Waals surface area contributed by atoms with Gasteiger partial charge in [0, 0.05) is 16.6 Å². The topological polar surface area (TPSA) is 72.6 Å². The predicted molar refractivity (Wildman–Crippen MR) is 130 cm³/mol. The number of thiazole rings is 1. The van der Waals surface area contributed by atoms with Crippen LogP contribution < -0.4 is 15.1 Å². The highest BCUT2D eigenvalue weighted by Crippen LogP contribution is 2.42. The molecule has 1 aliphatic rings. The molecule has 0 N–H and O–H groups in total. The molecule has 0 aliphatic carbocycles. The summed E-state index contributed by atoms with van der Waals surface area (Å²) < 4.78 is 11.9. The lowest BCUT2D eigenvalue weighted by molar-refractivity contribution is 0.0971. The first-order valence-electron chi connectivity index (χ1n) is 10.7. The maximum Gasteiger partial charge on any atom is 0.297 e. The summed E-state index contributed by atoms with van der Waals surface area (Å²) in [6, 6.07) is 11.6. The molecule has 5 rings (SSSR count). The second-order valence-electron chi connectivity index (χ2n) is 8.31. The number of rotatable bonds is 6. The number of hydrogen-bond acceptors (Lipinski definition) is 6. The van der Waals surface area contributed by atoms with Gasteiger partial charge >= 0.3 is 0 Å². The quantitative estimate of drug-likeness (QED) is 0.334. The lowest BCUT2D eigenvalue weighted by atomic mass is 9.98.